The third-order valence-corrected chi connectivity index (χ3v) is 4.75. The standard InChI is InChI=1S/C16H17N3O2/c20-10-18-6-13-8-19(9-14(13)7-18)16(21)12-1-2-15-11(5-12)3-4-17-15/h1-5,10,13-14,17H,6-9H2/t13-,14+. The van der Waals surface area contributed by atoms with E-state index in [1.54, 1.807) is 0 Å². The summed E-state index contributed by atoms with van der Waals surface area (Å²) in [5.41, 5.74) is 1.79. The molecular formula is C16H17N3O2. The van der Waals surface area contributed by atoms with Crippen LogP contribution < -0.4 is 0 Å². The summed E-state index contributed by atoms with van der Waals surface area (Å²) in [6, 6.07) is 7.76. The van der Waals surface area contributed by atoms with Gasteiger partial charge in [-0.25, -0.2) is 0 Å². The van der Waals surface area contributed by atoms with Gasteiger partial charge in [0.15, 0.2) is 0 Å². The largest absolute Gasteiger partial charge is 0.361 e. The summed E-state index contributed by atoms with van der Waals surface area (Å²) in [7, 11) is 0. The minimum absolute atomic E-state index is 0.102. The maximum Gasteiger partial charge on any atom is 0.253 e. The molecule has 0 radical (unpaired) electrons. The van der Waals surface area contributed by atoms with E-state index in [4.69, 9.17) is 0 Å². The molecule has 2 aliphatic rings. The van der Waals surface area contributed by atoms with Crippen molar-refractivity contribution in [2.45, 2.75) is 0 Å². The van der Waals surface area contributed by atoms with Crippen LogP contribution in [0.3, 0.4) is 0 Å². The number of carbonyl (C=O) groups excluding carboxylic acids is 2. The van der Waals surface area contributed by atoms with Crippen molar-refractivity contribution in [1.29, 1.82) is 0 Å². The number of likely N-dealkylation sites (tertiary alicyclic amines) is 2. The number of rotatable bonds is 2. The topological polar surface area (TPSA) is 56.4 Å². The molecule has 5 heteroatoms. The third-order valence-electron chi connectivity index (χ3n) is 4.75. The van der Waals surface area contributed by atoms with E-state index in [1.807, 2.05) is 40.3 Å². The lowest BCUT2D eigenvalue weighted by atomic mass is 10.0. The zero-order valence-corrected chi connectivity index (χ0v) is 11.7. The van der Waals surface area contributed by atoms with Crippen LogP contribution in [0.15, 0.2) is 30.5 Å². The summed E-state index contributed by atoms with van der Waals surface area (Å²) in [4.78, 5) is 30.3. The van der Waals surface area contributed by atoms with Gasteiger partial charge in [0.25, 0.3) is 5.91 Å². The first-order valence-electron chi connectivity index (χ1n) is 7.30. The van der Waals surface area contributed by atoms with Crippen LogP contribution in [0.4, 0.5) is 0 Å². The van der Waals surface area contributed by atoms with Crippen LogP contribution in [0.5, 0.6) is 0 Å². The molecule has 2 fully saturated rings. The van der Waals surface area contributed by atoms with Crippen LogP contribution in [-0.4, -0.2) is 53.3 Å². The Labute approximate surface area is 122 Å². The molecule has 4 rings (SSSR count). The molecule has 2 amide bonds. The summed E-state index contributed by atoms with van der Waals surface area (Å²) < 4.78 is 0. The van der Waals surface area contributed by atoms with Crippen molar-refractivity contribution in [2.24, 2.45) is 11.8 Å². The molecule has 2 aliphatic heterocycles. The molecule has 1 aromatic carbocycles. The summed E-state index contributed by atoms with van der Waals surface area (Å²) in [5, 5.41) is 1.06. The molecule has 0 aliphatic carbocycles. The molecule has 3 heterocycles. The quantitative estimate of drug-likeness (QED) is 0.845. The van der Waals surface area contributed by atoms with Gasteiger partial charge < -0.3 is 14.8 Å². The number of H-pyrrole nitrogens is 1. The van der Waals surface area contributed by atoms with Crippen LogP contribution in [0, 0.1) is 11.8 Å². The average molecular weight is 283 g/mol. The van der Waals surface area contributed by atoms with Crippen LogP contribution >= 0.6 is 0 Å². The average Bonchev–Trinajstić information content (AvgIpc) is 3.18. The molecule has 0 saturated carbocycles. The van der Waals surface area contributed by atoms with Gasteiger partial charge >= 0.3 is 0 Å². The van der Waals surface area contributed by atoms with Crippen molar-refractivity contribution >= 4 is 23.2 Å². The molecule has 108 valence electrons. The summed E-state index contributed by atoms with van der Waals surface area (Å²) >= 11 is 0. The van der Waals surface area contributed by atoms with Crippen molar-refractivity contribution < 1.29 is 9.59 Å². The molecular weight excluding hydrogens is 266 g/mol. The third kappa shape index (κ3) is 2.00. The lowest BCUT2D eigenvalue weighted by Gasteiger charge is -2.19. The molecule has 2 saturated heterocycles. The molecule has 0 bridgehead atoms. The highest BCUT2D eigenvalue weighted by molar-refractivity contribution is 5.98. The molecule has 2 atom stereocenters. The number of fused-ring (bicyclic) bond motifs is 2. The van der Waals surface area contributed by atoms with E-state index in [-0.39, 0.29) is 5.91 Å². The Hall–Kier alpha value is -2.30. The second-order valence-corrected chi connectivity index (χ2v) is 6.07. The van der Waals surface area contributed by atoms with E-state index >= 15 is 0 Å². The van der Waals surface area contributed by atoms with Crippen LogP contribution in [-0.2, 0) is 4.79 Å². The van der Waals surface area contributed by atoms with Gasteiger partial charge in [-0.3, -0.25) is 9.59 Å². The molecule has 5 nitrogen and oxygen atoms in total. The summed E-state index contributed by atoms with van der Waals surface area (Å²) in [5.74, 6) is 0.982. The van der Waals surface area contributed by atoms with Gasteiger partial charge in [0.05, 0.1) is 0 Å². The van der Waals surface area contributed by atoms with Gasteiger partial charge in [-0.1, -0.05) is 0 Å². The fourth-order valence-corrected chi connectivity index (χ4v) is 3.65. The van der Waals surface area contributed by atoms with Crippen molar-refractivity contribution in [3.63, 3.8) is 0 Å². The maximum atomic E-state index is 12.6. The monoisotopic (exact) mass is 283 g/mol. The number of carbonyl (C=O) groups is 2. The molecule has 21 heavy (non-hydrogen) atoms. The summed E-state index contributed by atoms with van der Waals surface area (Å²) in [6.07, 6.45) is 2.80. The fourth-order valence-electron chi connectivity index (χ4n) is 3.65. The van der Waals surface area contributed by atoms with Crippen molar-refractivity contribution in [3.05, 3.63) is 36.0 Å². The number of aromatic nitrogens is 1. The zero-order valence-electron chi connectivity index (χ0n) is 11.7. The molecule has 0 unspecified atom stereocenters. The number of nitrogens with zero attached hydrogens (tertiary/aromatic N) is 2. The SMILES string of the molecule is O=CN1C[C@@H]2CN(C(=O)c3ccc4[nH]ccc4c3)C[C@@H]2C1. The van der Waals surface area contributed by atoms with E-state index in [1.165, 1.54) is 0 Å². The Kier molecular flexibility index (Phi) is 2.74. The molecule has 0 spiro atoms. The fraction of sp³-hybridized carbons (Fsp3) is 0.375. The Morgan fingerprint density at radius 1 is 1.14 bits per heavy atom. The highest BCUT2D eigenvalue weighted by atomic mass is 16.2. The van der Waals surface area contributed by atoms with E-state index < -0.39 is 0 Å². The smallest absolute Gasteiger partial charge is 0.253 e. The number of amides is 2. The van der Waals surface area contributed by atoms with Crippen molar-refractivity contribution in [1.82, 2.24) is 14.8 Å². The number of hydrogen-bond donors (Lipinski definition) is 1. The second-order valence-electron chi connectivity index (χ2n) is 6.07. The zero-order chi connectivity index (χ0) is 14.4. The lowest BCUT2D eigenvalue weighted by Crippen LogP contribution is -2.32. The van der Waals surface area contributed by atoms with Gasteiger partial charge in [0.1, 0.15) is 0 Å². The Morgan fingerprint density at radius 2 is 1.90 bits per heavy atom. The van der Waals surface area contributed by atoms with Crippen LogP contribution in [0.2, 0.25) is 0 Å². The van der Waals surface area contributed by atoms with Crippen LogP contribution in [0.25, 0.3) is 10.9 Å². The minimum atomic E-state index is 0.102. The van der Waals surface area contributed by atoms with Crippen molar-refractivity contribution in [2.75, 3.05) is 26.2 Å². The molecule has 2 aromatic rings. The van der Waals surface area contributed by atoms with E-state index in [0.29, 0.717) is 11.8 Å². The highest BCUT2D eigenvalue weighted by Gasteiger charge is 2.41. The molecule has 1 aromatic heterocycles. The van der Waals surface area contributed by atoms with Crippen LogP contribution in [0.1, 0.15) is 10.4 Å². The number of hydrogen-bond acceptors (Lipinski definition) is 2. The number of aromatic amines is 1. The molecule has 1 N–H and O–H groups in total. The predicted molar refractivity (Wildman–Crippen MR) is 78.8 cm³/mol. The first-order valence-corrected chi connectivity index (χ1v) is 7.30. The Morgan fingerprint density at radius 3 is 2.62 bits per heavy atom. The maximum absolute atomic E-state index is 12.6. The van der Waals surface area contributed by atoms with Gasteiger partial charge in [0, 0.05) is 60.7 Å². The van der Waals surface area contributed by atoms with Gasteiger partial charge in [-0.05, 0) is 24.3 Å². The highest BCUT2D eigenvalue weighted by Crippen LogP contribution is 2.31. The summed E-state index contributed by atoms with van der Waals surface area (Å²) in [6.45, 7) is 3.10. The Bertz CT molecular complexity index is 694. The minimum Gasteiger partial charge on any atom is -0.361 e. The normalized spacial score (nSPS) is 24.6. The van der Waals surface area contributed by atoms with Crippen molar-refractivity contribution in [3.8, 4) is 0 Å². The van der Waals surface area contributed by atoms with E-state index in [2.05, 4.69) is 4.98 Å². The lowest BCUT2D eigenvalue weighted by molar-refractivity contribution is -0.117. The second kappa shape index (κ2) is 4.62. The first-order chi connectivity index (χ1) is 10.2. The van der Waals surface area contributed by atoms with Gasteiger partial charge in [0.2, 0.25) is 6.41 Å². The Balaban J connectivity index is 1.52. The number of nitrogens with one attached hydrogen (secondary N) is 1. The van der Waals surface area contributed by atoms with E-state index in [0.717, 1.165) is 49.1 Å². The first kappa shape index (κ1) is 12.4. The van der Waals surface area contributed by atoms with E-state index in [9.17, 15) is 9.59 Å². The predicted octanol–water partition coefficient (Wildman–Crippen LogP) is 1.33. The van der Waals surface area contributed by atoms with Gasteiger partial charge in [-0.15, -0.1) is 0 Å². The van der Waals surface area contributed by atoms with Gasteiger partial charge in [-0.2, -0.15) is 0 Å². The number of benzene rings is 1.